The molecule has 0 aliphatic heterocycles. The molecule has 1 unspecified atom stereocenters. The second kappa shape index (κ2) is 6.14. The van der Waals surface area contributed by atoms with Gasteiger partial charge < -0.3 is 9.84 Å². The summed E-state index contributed by atoms with van der Waals surface area (Å²) in [5.41, 5.74) is -1.34. The van der Waals surface area contributed by atoms with Crippen molar-refractivity contribution in [1.82, 2.24) is 0 Å². The Kier molecular flexibility index (Phi) is 5.05. The molecule has 0 saturated carbocycles. The molecule has 0 saturated heterocycles. The number of rotatable bonds is 5. The fourth-order valence-electron chi connectivity index (χ4n) is 1.59. The van der Waals surface area contributed by atoms with Crippen molar-refractivity contribution in [3.05, 3.63) is 34.1 Å². The van der Waals surface area contributed by atoms with E-state index < -0.39 is 23.2 Å². The van der Waals surface area contributed by atoms with Gasteiger partial charge in [0.2, 0.25) is 0 Å². The number of hydrogen-bond donors (Lipinski definition) is 1. The molecule has 1 rings (SSSR count). The molecular weight excluding hydrogens is 319 g/mol. The average Bonchev–Trinajstić information content (AvgIpc) is 2.34. The Bertz CT molecular complexity index is 503. The van der Waals surface area contributed by atoms with Crippen LogP contribution in [0.4, 0.5) is 4.39 Å². The molecule has 0 aromatic heterocycles. The van der Waals surface area contributed by atoms with Gasteiger partial charge >= 0.3 is 11.9 Å². The van der Waals surface area contributed by atoms with E-state index >= 15 is 0 Å². The Morgan fingerprint density at radius 1 is 1.47 bits per heavy atom. The second-order valence-electron chi connectivity index (χ2n) is 4.25. The minimum atomic E-state index is -1.74. The van der Waals surface area contributed by atoms with Gasteiger partial charge in [-0.3, -0.25) is 9.59 Å². The third-order valence-corrected chi connectivity index (χ3v) is 3.66. The first-order valence-corrected chi connectivity index (χ1v) is 6.45. The topological polar surface area (TPSA) is 63.6 Å². The molecule has 104 valence electrons. The molecule has 0 heterocycles. The highest BCUT2D eigenvalue weighted by Gasteiger charge is 2.43. The van der Waals surface area contributed by atoms with Crippen molar-refractivity contribution >= 4 is 27.9 Å². The minimum absolute atomic E-state index is 0.0893. The average molecular weight is 333 g/mol. The van der Waals surface area contributed by atoms with Gasteiger partial charge in [-0.25, -0.2) is 4.39 Å². The molecule has 0 aliphatic carbocycles. The monoisotopic (exact) mass is 332 g/mol. The quantitative estimate of drug-likeness (QED) is 0.665. The summed E-state index contributed by atoms with van der Waals surface area (Å²) in [6.07, 6.45) is -0.153. The summed E-state index contributed by atoms with van der Waals surface area (Å²) >= 11 is 3.05. The van der Waals surface area contributed by atoms with Crippen LogP contribution < -0.4 is 0 Å². The summed E-state index contributed by atoms with van der Waals surface area (Å²) in [7, 11) is 0. The highest BCUT2D eigenvalue weighted by Crippen LogP contribution is 2.30. The number of carbonyl (C=O) groups is 2. The predicted molar refractivity (Wildman–Crippen MR) is 70.2 cm³/mol. The van der Waals surface area contributed by atoms with Crippen molar-refractivity contribution in [2.24, 2.45) is 5.41 Å². The molecule has 1 aromatic rings. The van der Waals surface area contributed by atoms with Gasteiger partial charge in [-0.1, -0.05) is 12.1 Å². The molecular formula is C13H14BrFO4. The summed E-state index contributed by atoms with van der Waals surface area (Å²) in [5.74, 6) is -2.64. The molecule has 0 amide bonds. The number of halogens is 2. The standard InChI is InChI=1S/C13H14BrFO4/c1-3-19-12(18)13(2,11(16)17)7-8-5-4-6-9(15)10(8)14/h4-6H,3,7H2,1-2H3,(H,16,17). The number of hydrogen-bond acceptors (Lipinski definition) is 3. The number of carboxylic acids is 1. The van der Waals surface area contributed by atoms with Crippen LogP contribution in [-0.4, -0.2) is 23.7 Å². The zero-order valence-corrected chi connectivity index (χ0v) is 12.2. The van der Waals surface area contributed by atoms with E-state index in [-0.39, 0.29) is 17.5 Å². The van der Waals surface area contributed by atoms with E-state index in [9.17, 15) is 19.1 Å². The van der Waals surface area contributed by atoms with Gasteiger partial charge in [0.1, 0.15) is 5.82 Å². The van der Waals surface area contributed by atoms with Gasteiger partial charge in [0.15, 0.2) is 5.41 Å². The van der Waals surface area contributed by atoms with Crippen LogP contribution in [0.3, 0.4) is 0 Å². The van der Waals surface area contributed by atoms with Gasteiger partial charge in [-0.15, -0.1) is 0 Å². The highest BCUT2D eigenvalue weighted by atomic mass is 79.9. The van der Waals surface area contributed by atoms with E-state index in [1.54, 1.807) is 13.0 Å². The molecule has 1 atom stereocenters. The summed E-state index contributed by atoms with van der Waals surface area (Å²) in [6.45, 7) is 2.95. The van der Waals surface area contributed by atoms with Gasteiger partial charge in [0.25, 0.3) is 0 Å². The number of carbonyl (C=O) groups excluding carboxylic acids is 1. The van der Waals surface area contributed by atoms with Crippen molar-refractivity contribution in [3.8, 4) is 0 Å². The summed E-state index contributed by atoms with van der Waals surface area (Å²) < 4.78 is 18.3. The first kappa shape index (κ1) is 15.6. The molecule has 0 fully saturated rings. The SMILES string of the molecule is CCOC(=O)C(C)(Cc1cccc(F)c1Br)C(=O)O. The first-order chi connectivity index (χ1) is 8.82. The van der Waals surface area contributed by atoms with Crippen LogP contribution in [0, 0.1) is 11.2 Å². The number of carboxylic acid groups (broad SMARTS) is 1. The van der Waals surface area contributed by atoms with Gasteiger partial charge in [-0.2, -0.15) is 0 Å². The normalized spacial score (nSPS) is 13.7. The van der Waals surface area contributed by atoms with Crippen LogP contribution in [0.5, 0.6) is 0 Å². The predicted octanol–water partition coefficient (Wildman–Crippen LogP) is 2.78. The zero-order chi connectivity index (χ0) is 14.6. The Hall–Kier alpha value is -1.43. The van der Waals surface area contributed by atoms with E-state index in [1.165, 1.54) is 19.1 Å². The van der Waals surface area contributed by atoms with Gasteiger partial charge in [0.05, 0.1) is 11.1 Å². The molecule has 0 aliphatic rings. The van der Waals surface area contributed by atoms with Crippen molar-refractivity contribution < 1.29 is 23.8 Å². The fourth-order valence-corrected chi connectivity index (χ4v) is 2.00. The Balaban J connectivity index is 3.12. The molecule has 1 N–H and O–H groups in total. The molecule has 19 heavy (non-hydrogen) atoms. The Labute approximate surface area is 118 Å². The van der Waals surface area contributed by atoms with Crippen molar-refractivity contribution in [2.75, 3.05) is 6.61 Å². The van der Waals surface area contributed by atoms with Crippen LogP contribution in [0.25, 0.3) is 0 Å². The lowest BCUT2D eigenvalue weighted by molar-refractivity contribution is -0.167. The third-order valence-electron chi connectivity index (χ3n) is 2.77. The van der Waals surface area contributed by atoms with E-state index in [0.29, 0.717) is 5.56 Å². The van der Waals surface area contributed by atoms with Crippen molar-refractivity contribution in [2.45, 2.75) is 20.3 Å². The molecule has 0 bridgehead atoms. The molecule has 0 radical (unpaired) electrons. The van der Waals surface area contributed by atoms with Crippen LogP contribution >= 0.6 is 15.9 Å². The third kappa shape index (κ3) is 3.32. The van der Waals surface area contributed by atoms with E-state index in [0.717, 1.165) is 0 Å². The second-order valence-corrected chi connectivity index (χ2v) is 5.04. The van der Waals surface area contributed by atoms with E-state index in [4.69, 9.17) is 4.74 Å². The zero-order valence-electron chi connectivity index (χ0n) is 10.6. The number of esters is 1. The maximum absolute atomic E-state index is 13.4. The van der Waals surface area contributed by atoms with Crippen molar-refractivity contribution in [3.63, 3.8) is 0 Å². The number of ether oxygens (including phenoxy) is 1. The maximum Gasteiger partial charge on any atom is 0.323 e. The number of benzene rings is 1. The van der Waals surface area contributed by atoms with Gasteiger partial charge in [-0.05, 0) is 41.4 Å². The molecule has 4 nitrogen and oxygen atoms in total. The largest absolute Gasteiger partial charge is 0.480 e. The van der Waals surface area contributed by atoms with Crippen LogP contribution in [0.2, 0.25) is 0 Å². The summed E-state index contributed by atoms with van der Waals surface area (Å²) in [5, 5.41) is 9.24. The van der Waals surface area contributed by atoms with E-state index in [1.807, 2.05) is 0 Å². The van der Waals surface area contributed by atoms with Crippen LogP contribution in [0.15, 0.2) is 22.7 Å². The van der Waals surface area contributed by atoms with Gasteiger partial charge in [0, 0.05) is 6.42 Å². The minimum Gasteiger partial charge on any atom is -0.480 e. The maximum atomic E-state index is 13.4. The first-order valence-electron chi connectivity index (χ1n) is 5.66. The summed E-state index contributed by atoms with van der Waals surface area (Å²) in [6, 6.07) is 4.27. The number of aliphatic carboxylic acids is 1. The molecule has 6 heteroatoms. The Morgan fingerprint density at radius 3 is 2.63 bits per heavy atom. The molecule has 1 aromatic carbocycles. The summed E-state index contributed by atoms with van der Waals surface area (Å²) in [4.78, 5) is 23.1. The smallest absolute Gasteiger partial charge is 0.323 e. The van der Waals surface area contributed by atoms with E-state index in [2.05, 4.69) is 15.9 Å². The van der Waals surface area contributed by atoms with Crippen LogP contribution in [-0.2, 0) is 20.7 Å². The lowest BCUT2D eigenvalue weighted by Gasteiger charge is -2.23. The Morgan fingerprint density at radius 2 is 2.11 bits per heavy atom. The highest BCUT2D eigenvalue weighted by molar-refractivity contribution is 9.10. The lowest BCUT2D eigenvalue weighted by atomic mass is 9.83. The van der Waals surface area contributed by atoms with Crippen LogP contribution in [0.1, 0.15) is 19.4 Å². The van der Waals surface area contributed by atoms with Crippen molar-refractivity contribution in [1.29, 1.82) is 0 Å². The lowest BCUT2D eigenvalue weighted by Crippen LogP contribution is -2.40. The fraction of sp³-hybridized carbons (Fsp3) is 0.385. The molecule has 0 spiro atoms.